The molecule has 2 rings (SSSR count). The number of anilines is 1. The van der Waals surface area contributed by atoms with Crippen LogP contribution in [0.3, 0.4) is 0 Å². The minimum Gasteiger partial charge on any atom is -0.497 e. The molecule has 0 unspecified atom stereocenters. The summed E-state index contributed by atoms with van der Waals surface area (Å²) in [5.41, 5.74) is 2.33. The maximum atomic E-state index is 11.0. The molecule has 0 fully saturated rings. The first-order valence-electron chi connectivity index (χ1n) is 6.06. The molecule has 1 heterocycles. The third-order valence-electron chi connectivity index (χ3n) is 2.98. The first kappa shape index (κ1) is 13.9. The Balaban J connectivity index is 2.23. The Morgan fingerprint density at radius 1 is 1.50 bits per heavy atom. The van der Waals surface area contributed by atoms with E-state index in [1.807, 2.05) is 20.2 Å². The highest BCUT2D eigenvalue weighted by Crippen LogP contribution is 2.29. The van der Waals surface area contributed by atoms with Crippen LogP contribution in [0.1, 0.15) is 11.3 Å². The van der Waals surface area contributed by atoms with Crippen molar-refractivity contribution in [1.29, 1.82) is 0 Å². The van der Waals surface area contributed by atoms with Gasteiger partial charge < -0.3 is 10.1 Å². The minimum atomic E-state index is -0.419. The van der Waals surface area contributed by atoms with Crippen molar-refractivity contribution in [3.8, 4) is 5.75 Å². The average Bonchev–Trinajstić information content (AvgIpc) is 2.74. The van der Waals surface area contributed by atoms with Crippen molar-refractivity contribution >= 4 is 11.4 Å². The zero-order valence-corrected chi connectivity index (χ0v) is 11.6. The van der Waals surface area contributed by atoms with Gasteiger partial charge in [-0.05, 0) is 13.0 Å². The lowest BCUT2D eigenvalue weighted by Gasteiger charge is -2.08. The first-order valence-corrected chi connectivity index (χ1v) is 6.06. The van der Waals surface area contributed by atoms with Crippen LogP contribution in [0.4, 0.5) is 11.4 Å². The first-order chi connectivity index (χ1) is 9.51. The maximum Gasteiger partial charge on any atom is 0.292 e. The molecule has 0 spiro atoms. The van der Waals surface area contributed by atoms with Gasteiger partial charge in [-0.3, -0.25) is 14.8 Å². The maximum absolute atomic E-state index is 11.0. The van der Waals surface area contributed by atoms with Gasteiger partial charge >= 0.3 is 0 Å². The van der Waals surface area contributed by atoms with Gasteiger partial charge in [-0.1, -0.05) is 0 Å². The standard InChI is InChI=1S/C13H16N4O3/c1-9-10(8-16(2)15-9)7-14-12-6-11(20-3)4-5-13(12)17(18)19/h4-6,8,14H,7H2,1-3H3. The van der Waals surface area contributed by atoms with Gasteiger partial charge in [0.25, 0.3) is 5.69 Å². The van der Waals surface area contributed by atoms with Crippen LogP contribution < -0.4 is 10.1 Å². The number of aryl methyl sites for hydroxylation is 2. The fraction of sp³-hybridized carbons (Fsp3) is 0.308. The topological polar surface area (TPSA) is 82.2 Å². The summed E-state index contributed by atoms with van der Waals surface area (Å²) in [6, 6.07) is 4.61. The number of nitrogens with one attached hydrogen (secondary N) is 1. The Bertz CT molecular complexity index is 637. The van der Waals surface area contributed by atoms with E-state index >= 15 is 0 Å². The Labute approximate surface area is 116 Å². The van der Waals surface area contributed by atoms with E-state index in [9.17, 15) is 10.1 Å². The molecule has 0 radical (unpaired) electrons. The summed E-state index contributed by atoms with van der Waals surface area (Å²) >= 11 is 0. The lowest BCUT2D eigenvalue weighted by molar-refractivity contribution is -0.384. The van der Waals surface area contributed by atoms with Crippen LogP contribution in [-0.4, -0.2) is 21.8 Å². The van der Waals surface area contributed by atoms with Crippen molar-refractivity contribution in [2.24, 2.45) is 7.05 Å². The van der Waals surface area contributed by atoms with Crippen molar-refractivity contribution in [2.75, 3.05) is 12.4 Å². The largest absolute Gasteiger partial charge is 0.497 e. The Kier molecular flexibility index (Phi) is 3.88. The number of aromatic nitrogens is 2. The molecule has 2 aromatic rings. The van der Waals surface area contributed by atoms with E-state index in [2.05, 4.69) is 10.4 Å². The zero-order chi connectivity index (χ0) is 14.7. The van der Waals surface area contributed by atoms with E-state index in [1.54, 1.807) is 16.8 Å². The van der Waals surface area contributed by atoms with Crippen LogP contribution in [0.2, 0.25) is 0 Å². The number of hydrogen-bond donors (Lipinski definition) is 1. The van der Waals surface area contributed by atoms with Crippen molar-refractivity contribution in [3.05, 3.63) is 45.8 Å². The van der Waals surface area contributed by atoms with Gasteiger partial charge in [0.1, 0.15) is 11.4 Å². The van der Waals surface area contributed by atoms with Gasteiger partial charge in [0, 0.05) is 37.5 Å². The normalized spacial score (nSPS) is 10.3. The molecule has 0 bridgehead atoms. The van der Waals surface area contributed by atoms with E-state index < -0.39 is 4.92 Å². The quantitative estimate of drug-likeness (QED) is 0.669. The SMILES string of the molecule is COc1ccc([N+](=O)[O-])c(NCc2cn(C)nc2C)c1. The highest BCUT2D eigenvalue weighted by Gasteiger charge is 2.15. The third kappa shape index (κ3) is 2.87. The van der Waals surface area contributed by atoms with E-state index in [0.29, 0.717) is 18.0 Å². The van der Waals surface area contributed by atoms with Gasteiger partial charge in [-0.25, -0.2) is 0 Å². The van der Waals surface area contributed by atoms with Crippen molar-refractivity contribution in [2.45, 2.75) is 13.5 Å². The number of nitro groups is 1. The van der Waals surface area contributed by atoms with Crippen LogP contribution in [0, 0.1) is 17.0 Å². The molecule has 106 valence electrons. The fourth-order valence-electron chi connectivity index (χ4n) is 1.96. The fourth-order valence-corrected chi connectivity index (χ4v) is 1.96. The van der Waals surface area contributed by atoms with Gasteiger partial charge in [0.05, 0.1) is 17.7 Å². The smallest absolute Gasteiger partial charge is 0.292 e. The van der Waals surface area contributed by atoms with Gasteiger partial charge in [-0.2, -0.15) is 5.10 Å². The summed E-state index contributed by atoms with van der Waals surface area (Å²) in [4.78, 5) is 10.6. The lowest BCUT2D eigenvalue weighted by Crippen LogP contribution is -2.03. The number of methoxy groups -OCH3 is 1. The van der Waals surface area contributed by atoms with Crippen molar-refractivity contribution < 1.29 is 9.66 Å². The molecule has 7 nitrogen and oxygen atoms in total. The molecule has 0 aliphatic rings. The Morgan fingerprint density at radius 2 is 2.25 bits per heavy atom. The summed E-state index contributed by atoms with van der Waals surface area (Å²) in [7, 11) is 3.36. The molecular formula is C13H16N4O3. The van der Waals surface area contributed by atoms with Crippen LogP contribution in [0.5, 0.6) is 5.75 Å². The van der Waals surface area contributed by atoms with Gasteiger partial charge in [-0.15, -0.1) is 0 Å². The van der Waals surface area contributed by atoms with Crippen LogP contribution in [0.15, 0.2) is 24.4 Å². The number of nitro benzene ring substituents is 1. The molecule has 0 aliphatic heterocycles. The van der Waals surface area contributed by atoms with Crippen molar-refractivity contribution in [3.63, 3.8) is 0 Å². The molecule has 1 aromatic carbocycles. The highest BCUT2D eigenvalue weighted by molar-refractivity contribution is 5.64. The molecular weight excluding hydrogens is 260 g/mol. The number of nitrogens with zero attached hydrogens (tertiary/aromatic N) is 3. The van der Waals surface area contributed by atoms with Gasteiger partial charge in [0.15, 0.2) is 0 Å². The number of rotatable bonds is 5. The number of benzene rings is 1. The summed E-state index contributed by atoms with van der Waals surface area (Å²) in [5, 5.41) is 18.3. The van der Waals surface area contributed by atoms with Crippen LogP contribution in [0.25, 0.3) is 0 Å². The van der Waals surface area contributed by atoms with Crippen molar-refractivity contribution in [1.82, 2.24) is 9.78 Å². The summed E-state index contributed by atoms with van der Waals surface area (Å²) in [6.45, 7) is 2.37. The zero-order valence-electron chi connectivity index (χ0n) is 11.6. The molecule has 1 N–H and O–H groups in total. The van der Waals surface area contributed by atoms with E-state index in [-0.39, 0.29) is 5.69 Å². The molecule has 0 amide bonds. The highest BCUT2D eigenvalue weighted by atomic mass is 16.6. The summed E-state index contributed by atoms with van der Waals surface area (Å²) in [6.07, 6.45) is 1.88. The predicted octanol–water partition coefficient (Wildman–Crippen LogP) is 2.26. The molecule has 0 saturated heterocycles. The second kappa shape index (κ2) is 5.60. The minimum absolute atomic E-state index is 0.0207. The summed E-state index contributed by atoms with van der Waals surface area (Å²) in [5.74, 6) is 0.570. The van der Waals surface area contributed by atoms with Crippen LogP contribution >= 0.6 is 0 Å². The second-order valence-corrected chi connectivity index (χ2v) is 4.41. The molecule has 0 atom stereocenters. The molecule has 0 saturated carbocycles. The predicted molar refractivity (Wildman–Crippen MR) is 74.9 cm³/mol. The summed E-state index contributed by atoms with van der Waals surface area (Å²) < 4.78 is 6.81. The van der Waals surface area contributed by atoms with Gasteiger partial charge in [0.2, 0.25) is 0 Å². The lowest BCUT2D eigenvalue weighted by atomic mass is 10.2. The number of ether oxygens (including phenoxy) is 1. The van der Waals surface area contributed by atoms with Crippen LogP contribution in [-0.2, 0) is 13.6 Å². The molecule has 0 aliphatic carbocycles. The van der Waals surface area contributed by atoms with E-state index in [4.69, 9.17) is 4.74 Å². The molecule has 20 heavy (non-hydrogen) atoms. The monoisotopic (exact) mass is 276 g/mol. The molecule has 1 aromatic heterocycles. The average molecular weight is 276 g/mol. The Hall–Kier alpha value is -2.57. The number of hydrogen-bond acceptors (Lipinski definition) is 5. The van der Waals surface area contributed by atoms with E-state index in [1.165, 1.54) is 13.2 Å². The van der Waals surface area contributed by atoms with E-state index in [0.717, 1.165) is 11.3 Å². The third-order valence-corrected chi connectivity index (χ3v) is 2.98. The molecule has 7 heteroatoms. The Morgan fingerprint density at radius 3 is 2.80 bits per heavy atom. The second-order valence-electron chi connectivity index (χ2n) is 4.41.